The van der Waals surface area contributed by atoms with E-state index in [0.29, 0.717) is 5.02 Å². The highest BCUT2D eigenvalue weighted by Gasteiger charge is 2.28. The van der Waals surface area contributed by atoms with Crippen molar-refractivity contribution in [3.8, 4) is 5.69 Å². The number of hydrogen-bond donors (Lipinski definition) is 1. The summed E-state index contributed by atoms with van der Waals surface area (Å²) in [5.74, 6) is -0.733. The maximum absolute atomic E-state index is 13.4. The van der Waals surface area contributed by atoms with Crippen molar-refractivity contribution in [1.82, 2.24) is 9.99 Å². The van der Waals surface area contributed by atoms with Gasteiger partial charge in [-0.25, -0.2) is 13.8 Å². The number of nitrogens with zero attached hydrogens (tertiary/aromatic N) is 4. The minimum absolute atomic E-state index is 0.0290. The van der Waals surface area contributed by atoms with E-state index in [9.17, 15) is 23.3 Å². The zero-order valence-corrected chi connectivity index (χ0v) is 22.6. The maximum Gasteiger partial charge on any atom is 0.271 e. The molecule has 10 nitrogen and oxygen atoms in total. The van der Waals surface area contributed by atoms with Crippen LogP contribution in [0.15, 0.2) is 94.9 Å². The molecule has 1 N–H and O–H groups in total. The Morgan fingerprint density at radius 2 is 1.74 bits per heavy atom. The number of nitro benzene ring substituents is 1. The van der Waals surface area contributed by atoms with Crippen LogP contribution in [0.4, 0.5) is 11.4 Å². The molecular formula is C27H24ClN5O5S. The number of rotatable bonds is 9. The van der Waals surface area contributed by atoms with Crippen LogP contribution in [0.3, 0.4) is 0 Å². The summed E-state index contributed by atoms with van der Waals surface area (Å²) in [6.45, 7) is 3.18. The molecule has 0 bridgehead atoms. The fraction of sp³-hybridized carbons (Fsp3) is 0.111. The van der Waals surface area contributed by atoms with Crippen LogP contribution < -0.4 is 9.73 Å². The molecule has 1 aromatic heterocycles. The predicted octanol–water partition coefficient (Wildman–Crippen LogP) is 5.00. The molecule has 0 saturated heterocycles. The summed E-state index contributed by atoms with van der Waals surface area (Å²) in [5, 5.41) is 15.9. The van der Waals surface area contributed by atoms with Crippen LogP contribution in [-0.2, 0) is 14.8 Å². The number of amides is 1. The van der Waals surface area contributed by atoms with Gasteiger partial charge in [-0.15, -0.1) is 0 Å². The molecule has 0 saturated carbocycles. The summed E-state index contributed by atoms with van der Waals surface area (Å²) in [5.41, 5.74) is 5.49. The third kappa shape index (κ3) is 6.16. The van der Waals surface area contributed by atoms with Gasteiger partial charge in [-0.05, 0) is 62.4 Å². The van der Waals surface area contributed by atoms with Crippen molar-refractivity contribution >= 4 is 45.1 Å². The summed E-state index contributed by atoms with van der Waals surface area (Å²) in [4.78, 5) is 23.4. The van der Waals surface area contributed by atoms with E-state index >= 15 is 0 Å². The third-order valence-corrected chi connectivity index (χ3v) is 7.94. The van der Waals surface area contributed by atoms with E-state index in [2.05, 4.69) is 10.5 Å². The largest absolute Gasteiger partial charge is 0.318 e. The first-order valence-electron chi connectivity index (χ1n) is 11.7. The molecule has 0 aliphatic rings. The minimum atomic E-state index is -4.23. The van der Waals surface area contributed by atoms with Gasteiger partial charge in [0.25, 0.3) is 21.6 Å². The van der Waals surface area contributed by atoms with Gasteiger partial charge < -0.3 is 4.57 Å². The SMILES string of the molecule is Cc1cc(/C=N\NC(=O)CN(c2cccc([N+](=O)[O-])c2)S(=O)(=O)c2ccccc2)c(C)n1-c1ccc(Cl)cc1. The lowest BCUT2D eigenvalue weighted by Crippen LogP contribution is -2.39. The van der Waals surface area contributed by atoms with Crippen molar-refractivity contribution in [3.63, 3.8) is 0 Å². The monoisotopic (exact) mass is 565 g/mol. The molecule has 4 aromatic rings. The topological polar surface area (TPSA) is 127 Å². The number of benzene rings is 3. The van der Waals surface area contributed by atoms with E-state index < -0.39 is 27.4 Å². The van der Waals surface area contributed by atoms with Crippen LogP contribution in [0.1, 0.15) is 17.0 Å². The Morgan fingerprint density at radius 3 is 2.41 bits per heavy atom. The smallest absolute Gasteiger partial charge is 0.271 e. The molecule has 0 unspecified atom stereocenters. The Hall–Kier alpha value is -4.48. The van der Waals surface area contributed by atoms with Gasteiger partial charge in [-0.3, -0.25) is 19.2 Å². The van der Waals surface area contributed by atoms with Gasteiger partial charge in [0.15, 0.2) is 0 Å². The first kappa shape index (κ1) is 27.6. The summed E-state index contributed by atoms with van der Waals surface area (Å²) >= 11 is 6.00. The Balaban J connectivity index is 1.57. The molecule has 0 spiro atoms. The van der Waals surface area contributed by atoms with Crippen LogP contribution in [0.5, 0.6) is 0 Å². The van der Waals surface area contributed by atoms with Crippen molar-refractivity contribution < 1.29 is 18.1 Å². The van der Waals surface area contributed by atoms with Gasteiger partial charge in [0.05, 0.1) is 21.7 Å². The van der Waals surface area contributed by atoms with E-state index in [1.165, 1.54) is 36.5 Å². The van der Waals surface area contributed by atoms with Crippen LogP contribution in [0, 0.1) is 24.0 Å². The predicted molar refractivity (Wildman–Crippen MR) is 150 cm³/mol. The first-order valence-corrected chi connectivity index (χ1v) is 13.5. The summed E-state index contributed by atoms with van der Waals surface area (Å²) in [6, 6.07) is 21.8. The fourth-order valence-corrected chi connectivity index (χ4v) is 5.60. The lowest BCUT2D eigenvalue weighted by atomic mass is 10.2. The lowest BCUT2D eigenvalue weighted by molar-refractivity contribution is -0.384. The number of carbonyl (C=O) groups is 1. The first-order chi connectivity index (χ1) is 18.6. The Morgan fingerprint density at radius 1 is 1.05 bits per heavy atom. The van der Waals surface area contributed by atoms with Crippen molar-refractivity contribution in [3.05, 3.63) is 117 Å². The lowest BCUT2D eigenvalue weighted by Gasteiger charge is -2.23. The van der Waals surface area contributed by atoms with Crippen LogP contribution in [0.2, 0.25) is 5.02 Å². The number of hydrazone groups is 1. The molecule has 0 fully saturated rings. The summed E-state index contributed by atoms with van der Waals surface area (Å²) in [7, 11) is -4.23. The van der Waals surface area contributed by atoms with Gasteiger partial charge in [0.2, 0.25) is 0 Å². The van der Waals surface area contributed by atoms with Gasteiger partial charge >= 0.3 is 0 Å². The van der Waals surface area contributed by atoms with Crippen LogP contribution in [-0.4, -0.2) is 36.6 Å². The van der Waals surface area contributed by atoms with E-state index in [1.54, 1.807) is 30.3 Å². The van der Waals surface area contributed by atoms with E-state index in [-0.39, 0.29) is 16.3 Å². The minimum Gasteiger partial charge on any atom is -0.318 e. The molecule has 1 heterocycles. The number of sulfonamides is 1. The number of non-ortho nitro benzene ring substituents is 1. The average Bonchev–Trinajstić information content (AvgIpc) is 3.20. The quantitative estimate of drug-likeness (QED) is 0.173. The van der Waals surface area contributed by atoms with Gasteiger partial charge in [-0.1, -0.05) is 35.9 Å². The zero-order valence-electron chi connectivity index (χ0n) is 21.0. The molecule has 39 heavy (non-hydrogen) atoms. The highest BCUT2D eigenvalue weighted by atomic mass is 35.5. The molecule has 0 atom stereocenters. The number of nitrogens with one attached hydrogen (secondary N) is 1. The second-order valence-corrected chi connectivity index (χ2v) is 10.8. The highest BCUT2D eigenvalue weighted by Crippen LogP contribution is 2.27. The van der Waals surface area contributed by atoms with Crippen LogP contribution >= 0.6 is 11.6 Å². The average molecular weight is 566 g/mol. The maximum atomic E-state index is 13.4. The fourth-order valence-electron chi connectivity index (χ4n) is 4.04. The second kappa shape index (κ2) is 11.5. The number of aromatic nitrogens is 1. The van der Waals surface area contributed by atoms with Crippen LogP contribution in [0.25, 0.3) is 5.69 Å². The number of hydrogen-bond acceptors (Lipinski definition) is 6. The summed E-state index contributed by atoms with van der Waals surface area (Å²) < 4.78 is 29.6. The standard InChI is InChI=1S/C27H24ClN5O5S/c1-19-15-21(20(2)32(19)23-13-11-22(28)12-14-23)17-29-30-27(34)18-31(24-7-6-8-25(16-24)33(35)36)39(37,38)26-9-4-3-5-10-26/h3-17H,18H2,1-2H3,(H,30,34)/b29-17-. The molecule has 12 heteroatoms. The normalized spacial score (nSPS) is 11.5. The highest BCUT2D eigenvalue weighted by molar-refractivity contribution is 7.92. The zero-order chi connectivity index (χ0) is 28.2. The van der Waals surface area contributed by atoms with Gasteiger partial charge in [-0.2, -0.15) is 5.10 Å². The van der Waals surface area contributed by atoms with Gasteiger partial charge in [0, 0.05) is 39.8 Å². The molecule has 0 aliphatic carbocycles. The van der Waals surface area contributed by atoms with Crippen molar-refractivity contribution in [2.75, 3.05) is 10.8 Å². The molecule has 0 aliphatic heterocycles. The molecule has 4 rings (SSSR count). The summed E-state index contributed by atoms with van der Waals surface area (Å²) in [6.07, 6.45) is 1.47. The van der Waals surface area contributed by atoms with E-state index in [0.717, 1.165) is 33.0 Å². The molecule has 3 aromatic carbocycles. The second-order valence-electron chi connectivity index (χ2n) is 8.53. The van der Waals surface area contributed by atoms with E-state index in [4.69, 9.17) is 11.6 Å². The molecule has 200 valence electrons. The number of nitro groups is 1. The number of carbonyl (C=O) groups excluding carboxylic acids is 1. The Kier molecular flexibility index (Phi) is 8.12. The number of halogens is 1. The third-order valence-electron chi connectivity index (χ3n) is 5.89. The Bertz CT molecular complexity index is 1650. The number of anilines is 1. The van der Waals surface area contributed by atoms with Crippen molar-refractivity contribution in [2.45, 2.75) is 18.7 Å². The molecular weight excluding hydrogens is 542 g/mol. The van der Waals surface area contributed by atoms with Gasteiger partial charge in [0.1, 0.15) is 6.54 Å². The van der Waals surface area contributed by atoms with Crippen molar-refractivity contribution in [1.29, 1.82) is 0 Å². The molecule has 1 amide bonds. The molecule has 0 radical (unpaired) electrons. The number of aryl methyl sites for hydroxylation is 1. The van der Waals surface area contributed by atoms with E-state index in [1.807, 2.05) is 36.6 Å². The van der Waals surface area contributed by atoms with Crippen molar-refractivity contribution in [2.24, 2.45) is 5.10 Å². The Labute approximate surface area is 230 Å².